The second-order valence-electron chi connectivity index (χ2n) is 3.43. The summed E-state index contributed by atoms with van der Waals surface area (Å²) >= 11 is 0. The van der Waals surface area contributed by atoms with Crippen molar-refractivity contribution >= 4 is 11.7 Å². The quantitative estimate of drug-likeness (QED) is 0.681. The van der Waals surface area contributed by atoms with E-state index in [2.05, 4.69) is 22.7 Å². The van der Waals surface area contributed by atoms with Crippen LogP contribution >= 0.6 is 0 Å². The number of rotatable bonds is 6. The Labute approximate surface area is 89.9 Å². The Morgan fingerprint density at radius 2 is 2.40 bits per heavy atom. The van der Waals surface area contributed by atoms with Gasteiger partial charge in [0.15, 0.2) is 0 Å². The van der Waals surface area contributed by atoms with E-state index in [-0.39, 0.29) is 12.5 Å². The summed E-state index contributed by atoms with van der Waals surface area (Å²) in [7, 11) is 1.84. The Hall–Kier alpha value is -1.52. The number of carbonyl (C=O) groups excluding carboxylic acids is 1. The van der Waals surface area contributed by atoms with Crippen molar-refractivity contribution in [3.63, 3.8) is 0 Å². The lowest BCUT2D eigenvalue weighted by Crippen LogP contribution is -2.30. The van der Waals surface area contributed by atoms with Crippen LogP contribution in [0.15, 0.2) is 12.3 Å². The molecule has 0 saturated carbocycles. The van der Waals surface area contributed by atoms with Crippen LogP contribution in [0.3, 0.4) is 0 Å². The molecule has 0 aliphatic heterocycles. The third kappa shape index (κ3) is 4.49. The molecule has 1 aromatic heterocycles. The molecule has 1 aromatic rings. The third-order valence-corrected chi connectivity index (χ3v) is 2.00. The highest BCUT2D eigenvalue weighted by Crippen LogP contribution is 1.99. The van der Waals surface area contributed by atoms with Crippen molar-refractivity contribution in [1.82, 2.24) is 15.1 Å². The predicted molar refractivity (Wildman–Crippen MR) is 59.6 cm³/mol. The van der Waals surface area contributed by atoms with E-state index in [4.69, 9.17) is 0 Å². The number of nitrogens with zero attached hydrogens (tertiary/aromatic N) is 2. The van der Waals surface area contributed by atoms with Crippen LogP contribution in [0.4, 0.5) is 5.82 Å². The number of unbranched alkanes of at least 4 members (excludes halogenated alkanes) is 1. The first-order chi connectivity index (χ1) is 7.22. The third-order valence-electron chi connectivity index (χ3n) is 2.00. The van der Waals surface area contributed by atoms with Gasteiger partial charge in [-0.3, -0.25) is 9.48 Å². The summed E-state index contributed by atoms with van der Waals surface area (Å²) in [5.74, 6) is 0.734. The molecule has 0 saturated heterocycles. The Morgan fingerprint density at radius 3 is 3.00 bits per heavy atom. The fourth-order valence-electron chi connectivity index (χ4n) is 1.15. The fourth-order valence-corrected chi connectivity index (χ4v) is 1.15. The molecule has 1 amide bonds. The summed E-state index contributed by atoms with van der Waals surface area (Å²) in [5.41, 5.74) is 0. The first-order valence-electron chi connectivity index (χ1n) is 5.22. The van der Waals surface area contributed by atoms with Crippen molar-refractivity contribution in [2.24, 2.45) is 7.05 Å². The monoisotopic (exact) mass is 210 g/mol. The molecule has 1 rings (SSSR count). The van der Waals surface area contributed by atoms with Crippen molar-refractivity contribution in [3.8, 4) is 0 Å². The van der Waals surface area contributed by atoms with Crippen molar-refractivity contribution in [1.29, 1.82) is 0 Å². The summed E-state index contributed by atoms with van der Waals surface area (Å²) in [6, 6.07) is 1.83. The van der Waals surface area contributed by atoms with E-state index in [9.17, 15) is 4.79 Å². The van der Waals surface area contributed by atoms with Crippen molar-refractivity contribution in [2.45, 2.75) is 19.8 Å². The smallest absolute Gasteiger partial charge is 0.239 e. The number of amides is 1. The SMILES string of the molecule is CCCCNC(=O)CNc1ccn(C)n1. The number of hydrogen-bond donors (Lipinski definition) is 2. The molecule has 0 aliphatic carbocycles. The molecule has 0 fully saturated rings. The minimum absolute atomic E-state index is 0.00843. The van der Waals surface area contributed by atoms with Gasteiger partial charge >= 0.3 is 0 Å². The van der Waals surface area contributed by atoms with E-state index in [1.54, 1.807) is 4.68 Å². The highest BCUT2D eigenvalue weighted by atomic mass is 16.1. The van der Waals surface area contributed by atoms with Gasteiger partial charge in [0.25, 0.3) is 0 Å². The molecule has 0 aliphatic rings. The van der Waals surface area contributed by atoms with Gasteiger partial charge in [-0.05, 0) is 6.42 Å². The van der Waals surface area contributed by atoms with Gasteiger partial charge in [0.2, 0.25) is 5.91 Å². The molecule has 1 heterocycles. The molecule has 0 radical (unpaired) electrons. The molecule has 2 N–H and O–H groups in total. The second kappa shape index (κ2) is 6.06. The maximum atomic E-state index is 11.3. The number of nitrogens with one attached hydrogen (secondary N) is 2. The van der Waals surface area contributed by atoms with Crippen LogP contribution in [0, 0.1) is 0 Å². The summed E-state index contributed by atoms with van der Waals surface area (Å²) in [4.78, 5) is 11.3. The fraction of sp³-hybridized carbons (Fsp3) is 0.600. The normalized spacial score (nSPS) is 10.0. The van der Waals surface area contributed by atoms with Gasteiger partial charge < -0.3 is 10.6 Å². The first-order valence-corrected chi connectivity index (χ1v) is 5.22. The van der Waals surface area contributed by atoms with E-state index >= 15 is 0 Å². The predicted octanol–water partition coefficient (Wildman–Crippen LogP) is 0.748. The van der Waals surface area contributed by atoms with Gasteiger partial charge in [-0.25, -0.2) is 0 Å². The molecule has 84 valence electrons. The zero-order valence-electron chi connectivity index (χ0n) is 9.29. The molecule has 5 heteroatoms. The van der Waals surface area contributed by atoms with Gasteiger partial charge in [-0.15, -0.1) is 0 Å². The molecule has 5 nitrogen and oxygen atoms in total. The molecule has 0 bridgehead atoms. The average molecular weight is 210 g/mol. The van der Waals surface area contributed by atoms with E-state index in [1.807, 2.05) is 19.3 Å². The largest absolute Gasteiger partial charge is 0.360 e. The molecule has 0 spiro atoms. The minimum atomic E-state index is 0.00843. The first kappa shape index (κ1) is 11.6. The van der Waals surface area contributed by atoms with Crippen LogP contribution in [0.1, 0.15) is 19.8 Å². The highest BCUT2D eigenvalue weighted by Gasteiger charge is 2.01. The number of aryl methyl sites for hydroxylation is 1. The minimum Gasteiger partial charge on any atom is -0.360 e. The summed E-state index contributed by atoms with van der Waals surface area (Å²) in [6.07, 6.45) is 3.95. The van der Waals surface area contributed by atoms with Crippen LogP contribution < -0.4 is 10.6 Å². The number of anilines is 1. The Kier molecular flexibility index (Phi) is 4.66. The van der Waals surface area contributed by atoms with Gasteiger partial charge in [0.1, 0.15) is 5.82 Å². The van der Waals surface area contributed by atoms with Crippen molar-refractivity contribution in [3.05, 3.63) is 12.3 Å². The van der Waals surface area contributed by atoms with E-state index in [0.29, 0.717) is 0 Å². The average Bonchev–Trinajstić information content (AvgIpc) is 2.62. The standard InChI is InChI=1S/C10H18N4O/c1-3-4-6-11-10(15)8-12-9-5-7-14(2)13-9/h5,7H,3-4,6,8H2,1-2H3,(H,11,15)(H,12,13). The van der Waals surface area contributed by atoms with Gasteiger partial charge in [0, 0.05) is 25.9 Å². The summed E-state index contributed by atoms with van der Waals surface area (Å²) < 4.78 is 1.69. The maximum Gasteiger partial charge on any atom is 0.239 e. The van der Waals surface area contributed by atoms with E-state index in [0.717, 1.165) is 25.2 Å². The van der Waals surface area contributed by atoms with Gasteiger partial charge in [0.05, 0.1) is 6.54 Å². The van der Waals surface area contributed by atoms with Crippen LogP contribution in [0.25, 0.3) is 0 Å². The molecule has 15 heavy (non-hydrogen) atoms. The molecule has 0 atom stereocenters. The Bertz CT molecular complexity index is 308. The summed E-state index contributed by atoms with van der Waals surface area (Å²) in [5, 5.41) is 9.88. The lowest BCUT2D eigenvalue weighted by molar-refractivity contribution is -0.119. The zero-order valence-corrected chi connectivity index (χ0v) is 9.29. The number of carbonyl (C=O) groups is 1. The molecule has 0 aromatic carbocycles. The molecule has 0 unspecified atom stereocenters. The second-order valence-corrected chi connectivity index (χ2v) is 3.43. The van der Waals surface area contributed by atoms with Gasteiger partial charge in [-0.1, -0.05) is 13.3 Å². The summed E-state index contributed by atoms with van der Waals surface area (Å²) in [6.45, 7) is 3.12. The highest BCUT2D eigenvalue weighted by molar-refractivity contribution is 5.80. The van der Waals surface area contributed by atoms with E-state index < -0.39 is 0 Å². The molecular weight excluding hydrogens is 192 g/mol. The van der Waals surface area contributed by atoms with Crippen LogP contribution in [0.2, 0.25) is 0 Å². The maximum absolute atomic E-state index is 11.3. The Balaban J connectivity index is 2.16. The van der Waals surface area contributed by atoms with Crippen LogP contribution in [-0.2, 0) is 11.8 Å². The van der Waals surface area contributed by atoms with Crippen LogP contribution in [0.5, 0.6) is 0 Å². The lowest BCUT2D eigenvalue weighted by Gasteiger charge is -2.04. The van der Waals surface area contributed by atoms with Crippen LogP contribution in [-0.4, -0.2) is 28.8 Å². The number of aromatic nitrogens is 2. The molecular formula is C10H18N4O. The zero-order chi connectivity index (χ0) is 11.1. The number of hydrogen-bond acceptors (Lipinski definition) is 3. The topological polar surface area (TPSA) is 59.0 Å². The van der Waals surface area contributed by atoms with Crippen molar-refractivity contribution < 1.29 is 4.79 Å². The lowest BCUT2D eigenvalue weighted by atomic mass is 10.3. The van der Waals surface area contributed by atoms with Crippen molar-refractivity contribution in [2.75, 3.05) is 18.4 Å². The van der Waals surface area contributed by atoms with E-state index in [1.165, 1.54) is 0 Å². The van der Waals surface area contributed by atoms with Gasteiger partial charge in [-0.2, -0.15) is 5.10 Å². The Morgan fingerprint density at radius 1 is 1.60 bits per heavy atom.